The molecule has 0 unspecified atom stereocenters. The van der Waals surface area contributed by atoms with E-state index in [4.69, 9.17) is 5.11 Å². The maximum Gasteiger partial charge on any atom is 0.150 e. The van der Waals surface area contributed by atoms with E-state index in [9.17, 15) is 13.5 Å². The zero-order valence-corrected chi connectivity index (χ0v) is 6.92. The Bertz CT molecular complexity index is 221. The number of aliphatic hydroxyl groups excluding tert-OH is 2. The number of rotatable bonds is 1. The summed E-state index contributed by atoms with van der Waals surface area (Å²) in [6.45, 7) is -0.250. The van der Waals surface area contributed by atoms with Crippen LogP contribution in [0.4, 0.5) is 0 Å². The van der Waals surface area contributed by atoms with Crippen LogP contribution in [-0.4, -0.2) is 42.8 Å². The lowest BCUT2D eigenvalue weighted by atomic mass is 10.0. The molecule has 0 radical (unpaired) electrons. The monoisotopic (exact) mass is 180 g/mol. The van der Waals surface area contributed by atoms with Gasteiger partial charge in [0, 0.05) is 12.5 Å². The summed E-state index contributed by atoms with van der Waals surface area (Å²) in [6.07, 6.45) is -0.392. The molecule has 0 aromatic heterocycles. The first-order chi connectivity index (χ1) is 5.05. The van der Waals surface area contributed by atoms with Gasteiger partial charge in [-0.1, -0.05) is 0 Å². The Labute approximate surface area is 65.8 Å². The first-order valence-electron chi connectivity index (χ1n) is 3.54. The Balaban J connectivity index is 2.66. The molecule has 0 spiro atoms. The zero-order valence-electron chi connectivity index (χ0n) is 6.10. The first-order valence-corrected chi connectivity index (χ1v) is 5.36. The summed E-state index contributed by atoms with van der Waals surface area (Å²) in [5.74, 6) is -0.510. The number of hydrogen-bond donors (Lipinski definition) is 2. The highest BCUT2D eigenvalue weighted by atomic mass is 32.2. The molecule has 0 bridgehead atoms. The second kappa shape index (κ2) is 3.08. The van der Waals surface area contributed by atoms with Gasteiger partial charge in [0.25, 0.3) is 0 Å². The fourth-order valence-electron chi connectivity index (χ4n) is 1.23. The second-order valence-corrected chi connectivity index (χ2v) is 5.14. The van der Waals surface area contributed by atoms with Gasteiger partial charge in [-0.25, -0.2) is 8.42 Å². The van der Waals surface area contributed by atoms with Crippen molar-refractivity contribution in [1.82, 2.24) is 0 Å². The average molecular weight is 180 g/mol. The molecule has 1 aliphatic rings. The van der Waals surface area contributed by atoms with E-state index in [2.05, 4.69) is 0 Å². The van der Waals surface area contributed by atoms with Crippen molar-refractivity contribution in [2.24, 2.45) is 5.92 Å². The van der Waals surface area contributed by atoms with Crippen molar-refractivity contribution in [3.8, 4) is 0 Å². The highest BCUT2D eigenvalue weighted by Crippen LogP contribution is 2.18. The molecule has 0 saturated carbocycles. The van der Waals surface area contributed by atoms with Crippen molar-refractivity contribution in [2.75, 3.05) is 18.1 Å². The van der Waals surface area contributed by atoms with Crippen LogP contribution in [0, 0.1) is 5.92 Å². The van der Waals surface area contributed by atoms with Gasteiger partial charge in [-0.15, -0.1) is 0 Å². The molecule has 66 valence electrons. The minimum Gasteiger partial charge on any atom is -0.396 e. The van der Waals surface area contributed by atoms with Crippen molar-refractivity contribution < 1.29 is 18.6 Å². The normalized spacial score (nSPS) is 36.9. The Kier molecular flexibility index (Phi) is 2.51. The largest absolute Gasteiger partial charge is 0.396 e. The van der Waals surface area contributed by atoms with E-state index in [0.29, 0.717) is 0 Å². The molecule has 1 heterocycles. The topological polar surface area (TPSA) is 74.6 Å². The Hall–Kier alpha value is -0.130. The predicted molar refractivity (Wildman–Crippen MR) is 39.9 cm³/mol. The summed E-state index contributed by atoms with van der Waals surface area (Å²) < 4.78 is 21.9. The lowest BCUT2D eigenvalue weighted by Crippen LogP contribution is -2.38. The molecular weight excluding hydrogens is 168 g/mol. The third-order valence-electron chi connectivity index (χ3n) is 1.97. The van der Waals surface area contributed by atoms with Gasteiger partial charge < -0.3 is 10.2 Å². The van der Waals surface area contributed by atoms with Gasteiger partial charge in [0.2, 0.25) is 0 Å². The van der Waals surface area contributed by atoms with Crippen molar-refractivity contribution >= 4 is 9.84 Å². The molecule has 1 rings (SSSR count). The van der Waals surface area contributed by atoms with Crippen molar-refractivity contribution in [2.45, 2.75) is 12.5 Å². The van der Waals surface area contributed by atoms with Crippen molar-refractivity contribution in [3.05, 3.63) is 0 Å². The van der Waals surface area contributed by atoms with E-state index >= 15 is 0 Å². The maximum absolute atomic E-state index is 10.9. The van der Waals surface area contributed by atoms with Gasteiger partial charge in [-0.05, 0) is 6.42 Å². The van der Waals surface area contributed by atoms with Crippen molar-refractivity contribution in [1.29, 1.82) is 0 Å². The van der Waals surface area contributed by atoms with Crippen LogP contribution in [0.1, 0.15) is 6.42 Å². The molecule has 2 N–H and O–H groups in total. The first kappa shape index (κ1) is 8.96. The molecule has 0 amide bonds. The Morgan fingerprint density at radius 1 is 1.45 bits per heavy atom. The highest BCUT2D eigenvalue weighted by molar-refractivity contribution is 7.91. The van der Waals surface area contributed by atoms with E-state index in [1.165, 1.54) is 0 Å². The smallest absolute Gasteiger partial charge is 0.150 e. The molecule has 0 aromatic rings. The molecule has 1 saturated heterocycles. The van der Waals surface area contributed by atoms with Gasteiger partial charge >= 0.3 is 0 Å². The number of aliphatic hydroxyl groups is 2. The standard InChI is InChI=1S/C6H12O4S/c7-3-5-4-11(9,10)2-1-6(5)8/h5-8H,1-4H2/t5-,6-/m0/s1. The molecular formula is C6H12O4S. The predicted octanol–water partition coefficient (Wildman–Crippen LogP) is -1.23. The Morgan fingerprint density at radius 3 is 2.55 bits per heavy atom. The minimum atomic E-state index is -3.00. The summed E-state index contributed by atoms with van der Waals surface area (Å²) in [5.41, 5.74) is 0. The Morgan fingerprint density at radius 2 is 2.09 bits per heavy atom. The SMILES string of the molecule is O=S1(=O)CC[C@H](O)[C@@H](CO)C1. The molecule has 2 atom stereocenters. The van der Waals surface area contributed by atoms with Gasteiger partial charge in [0.1, 0.15) is 0 Å². The molecule has 4 nitrogen and oxygen atoms in total. The van der Waals surface area contributed by atoms with Crippen LogP contribution in [-0.2, 0) is 9.84 Å². The average Bonchev–Trinajstić information content (AvgIpc) is 1.94. The van der Waals surface area contributed by atoms with Gasteiger partial charge in [-0.3, -0.25) is 0 Å². The second-order valence-electron chi connectivity index (χ2n) is 2.91. The molecule has 1 fully saturated rings. The van der Waals surface area contributed by atoms with Crippen LogP contribution in [0.25, 0.3) is 0 Å². The quantitative estimate of drug-likeness (QED) is 0.530. The molecule has 0 aliphatic carbocycles. The third-order valence-corrected chi connectivity index (χ3v) is 3.77. The van der Waals surface area contributed by atoms with Gasteiger partial charge in [-0.2, -0.15) is 0 Å². The fraction of sp³-hybridized carbons (Fsp3) is 1.00. The van der Waals surface area contributed by atoms with E-state index in [0.717, 1.165) is 0 Å². The van der Waals surface area contributed by atoms with E-state index in [1.807, 2.05) is 0 Å². The fourth-order valence-corrected chi connectivity index (χ4v) is 2.98. The van der Waals surface area contributed by atoms with Crippen LogP contribution in [0.15, 0.2) is 0 Å². The van der Waals surface area contributed by atoms with Crippen LogP contribution < -0.4 is 0 Å². The summed E-state index contributed by atoms with van der Waals surface area (Å²) in [4.78, 5) is 0. The van der Waals surface area contributed by atoms with Gasteiger partial charge in [0.15, 0.2) is 9.84 Å². The van der Waals surface area contributed by atoms with Crippen LogP contribution in [0.3, 0.4) is 0 Å². The summed E-state index contributed by atoms with van der Waals surface area (Å²) in [7, 11) is -3.00. The third kappa shape index (κ3) is 2.15. The van der Waals surface area contributed by atoms with Crippen LogP contribution in [0.2, 0.25) is 0 Å². The zero-order chi connectivity index (χ0) is 8.48. The lowest BCUT2D eigenvalue weighted by Gasteiger charge is -2.25. The highest BCUT2D eigenvalue weighted by Gasteiger charge is 2.30. The minimum absolute atomic E-state index is 0.0463. The van der Waals surface area contributed by atoms with Crippen LogP contribution in [0.5, 0.6) is 0 Å². The van der Waals surface area contributed by atoms with E-state index in [-0.39, 0.29) is 24.5 Å². The molecule has 11 heavy (non-hydrogen) atoms. The van der Waals surface area contributed by atoms with Crippen LogP contribution >= 0.6 is 0 Å². The lowest BCUT2D eigenvalue weighted by molar-refractivity contribution is 0.0719. The molecule has 0 aromatic carbocycles. The number of hydrogen-bond acceptors (Lipinski definition) is 4. The summed E-state index contributed by atoms with van der Waals surface area (Å²) >= 11 is 0. The maximum atomic E-state index is 10.9. The van der Waals surface area contributed by atoms with E-state index in [1.54, 1.807) is 0 Å². The van der Waals surface area contributed by atoms with E-state index < -0.39 is 21.9 Å². The van der Waals surface area contributed by atoms with Crippen molar-refractivity contribution in [3.63, 3.8) is 0 Å². The number of sulfone groups is 1. The molecule has 5 heteroatoms. The van der Waals surface area contributed by atoms with Gasteiger partial charge in [0.05, 0.1) is 17.6 Å². The molecule has 1 aliphatic heterocycles. The summed E-state index contributed by atoms with van der Waals surface area (Å²) in [5, 5.41) is 17.8. The summed E-state index contributed by atoms with van der Waals surface area (Å²) in [6, 6.07) is 0.